The third-order valence-electron chi connectivity index (χ3n) is 7.35. The first-order valence-electron chi connectivity index (χ1n) is 12.7. The van der Waals surface area contributed by atoms with Gasteiger partial charge in [-0.2, -0.15) is 0 Å². The number of fused-ring (bicyclic) bond motifs is 1. The van der Waals surface area contributed by atoms with E-state index in [1.54, 1.807) is 18.5 Å². The van der Waals surface area contributed by atoms with Gasteiger partial charge in [0.05, 0.1) is 6.04 Å². The molecule has 1 aromatic heterocycles. The van der Waals surface area contributed by atoms with Gasteiger partial charge in [0.2, 0.25) is 0 Å². The molecule has 0 aliphatic carbocycles. The number of hydrogen-bond donors (Lipinski definition) is 1. The van der Waals surface area contributed by atoms with E-state index in [-0.39, 0.29) is 17.9 Å². The highest BCUT2D eigenvalue weighted by atomic mass is 16.2. The lowest BCUT2D eigenvalue weighted by atomic mass is 9.97. The first kappa shape index (κ1) is 24.1. The van der Waals surface area contributed by atoms with Crippen molar-refractivity contribution in [3.8, 4) is 11.1 Å². The zero-order valence-corrected chi connectivity index (χ0v) is 21.2. The Morgan fingerprint density at radius 2 is 1.67 bits per heavy atom. The zero-order chi connectivity index (χ0) is 25.2. The summed E-state index contributed by atoms with van der Waals surface area (Å²) >= 11 is 0. The summed E-state index contributed by atoms with van der Waals surface area (Å²) in [4.78, 5) is 39.9. The Kier molecular flexibility index (Phi) is 6.83. The molecule has 2 fully saturated rings. The molecular weight excluding hydrogens is 450 g/mol. The van der Waals surface area contributed by atoms with Crippen LogP contribution in [0.5, 0.6) is 0 Å². The van der Waals surface area contributed by atoms with Crippen molar-refractivity contribution in [3.63, 3.8) is 0 Å². The van der Waals surface area contributed by atoms with Crippen LogP contribution < -0.4 is 5.32 Å². The van der Waals surface area contributed by atoms with Crippen molar-refractivity contribution >= 4 is 11.8 Å². The molecule has 36 heavy (non-hydrogen) atoms. The third kappa shape index (κ3) is 5.16. The molecule has 0 saturated carbocycles. The minimum absolute atomic E-state index is 0.00968. The minimum atomic E-state index is -0.268. The Bertz CT molecular complexity index is 1260. The van der Waals surface area contributed by atoms with Gasteiger partial charge in [-0.15, -0.1) is 0 Å². The quantitative estimate of drug-likeness (QED) is 0.589. The SMILES string of the molecule is Cc1ccc(-c2cc(C(=O)NC(C)c3cnc(C)nc3)cc(C(=O)N3CCN4CCCC4C3)c2)cc1. The molecule has 3 aromatic rings. The number of piperazine rings is 1. The molecule has 2 saturated heterocycles. The lowest BCUT2D eigenvalue weighted by Crippen LogP contribution is -2.52. The fourth-order valence-corrected chi connectivity index (χ4v) is 5.14. The standard InChI is InChI=1S/C29H33N5O2/c1-19-6-8-22(9-7-19)23-13-24(28(35)32-20(2)26-16-30-21(3)31-17-26)15-25(14-23)29(36)34-12-11-33-10-4-5-27(33)18-34/h6-9,13-17,20,27H,4-5,10-12,18H2,1-3H3,(H,32,35). The lowest BCUT2D eigenvalue weighted by Gasteiger charge is -2.37. The van der Waals surface area contributed by atoms with Crippen molar-refractivity contribution in [2.75, 3.05) is 26.2 Å². The number of aryl methyl sites for hydroxylation is 2. The number of aromatic nitrogens is 2. The summed E-state index contributed by atoms with van der Waals surface area (Å²) in [6.45, 7) is 9.29. The summed E-state index contributed by atoms with van der Waals surface area (Å²) in [6.07, 6.45) is 5.80. The molecule has 5 rings (SSSR count). The monoisotopic (exact) mass is 483 g/mol. The van der Waals surface area contributed by atoms with Crippen LogP contribution in [-0.4, -0.2) is 63.8 Å². The van der Waals surface area contributed by atoms with E-state index < -0.39 is 0 Å². The molecule has 2 aromatic carbocycles. The van der Waals surface area contributed by atoms with E-state index in [2.05, 4.69) is 20.2 Å². The molecule has 2 unspecified atom stereocenters. The first-order chi connectivity index (χ1) is 17.4. The van der Waals surface area contributed by atoms with Crippen molar-refractivity contribution in [2.45, 2.75) is 45.7 Å². The van der Waals surface area contributed by atoms with Crippen LogP contribution in [0.15, 0.2) is 54.9 Å². The molecule has 0 spiro atoms. The molecule has 3 heterocycles. The predicted octanol–water partition coefficient (Wildman–Crippen LogP) is 4.17. The first-order valence-corrected chi connectivity index (χ1v) is 12.7. The van der Waals surface area contributed by atoms with E-state index in [9.17, 15) is 9.59 Å². The van der Waals surface area contributed by atoms with Crippen LogP contribution in [0.3, 0.4) is 0 Å². The smallest absolute Gasteiger partial charge is 0.253 e. The molecule has 7 heteroatoms. The number of benzene rings is 2. The van der Waals surface area contributed by atoms with Gasteiger partial charge >= 0.3 is 0 Å². The Labute approximate surface area is 212 Å². The van der Waals surface area contributed by atoms with Crippen LogP contribution in [0.4, 0.5) is 0 Å². The van der Waals surface area contributed by atoms with Crippen molar-refractivity contribution in [2.24, 2.45) is 0 Å². The van der Waals surface area contributed by atoms with E-state index in [1.165, 1.54) is 6.42 Å². The molecular formula is C29H33N5O2. The Morgan fingerprint density at radius 3 is 2.42 bits per heavy atom. The lowest BCUT2D eigenvalue weighted by molar-refractivity contribution is 0.0571. The number of nitrogens with one attached hydrogen (secondary N) is 1. The molecule has 186 valence electrons. The van der Waals surface area contributed by atoms with Crippen LogP contribution in [0, 0.1) is 13.8 Å². The number of nitrogens with zero attached hydrogens (tertiary/aromatic N) is 4. The fraction of sp³-hybridized carbons (Fsp3) is 0.379. The van der Waals surface area contributed by atoms with Gasteiger partial charge in [0, 0.05) is 54.8 Å². The van der Waals surface area contributed by atoms with E-state index >= 15 is 0 Å². The average molecular weight is 484 g/mol. The fourth-order valence-electron chi connectivity index (χ4n) is 5.14. The van der Waals surface area contributed by atoms with Crippen molar-refractivity contribution in [3.05, 3.63) is 82.9 Å². The summed E-state index contributed by atoms with van der Waals surface area (Å²) in [5, 5.41) is 3.05. The van der Waals surface area contributed by atoms with Crippen molar-refractivity contribution in [1.29, 1.82) is 0 Å². The number of hydrogen-bond acceptors (Lipinski definition) is 5. The van der Waals surface area contributed by atoms with E-state index in [4.69, 9.17) is 0 Å². The molecule has 2 aliphatic heterocycles. The second kappa shape index (κ2) is 10.2. The largest absolute Gasteiger partial charge is 0.345 e. The highest BCUT2D eigenvalue weighted by molar-refractivity contribution is 6.01. The molecule has 1 N–H and O–H groups in total. The zero-order valence-electron chi connectivity index (χ0n) is 21.2. The van der Waals surface area contributed by atoms with Crippen LogP contribution in [-0.2, 0) is 0 Å². The van der Waals surface area contributed by atoms with E-state index in [0.717, 1.165) is 54.9 Å². The summed E-state index contributed by atoms with van der Waals surface area (Å²) in [6, 6.07) is 13.8. The van der Waals surface area contributed by atoms with Gasteiger partial charge in [0.15, 0.2) is 0 Å². The maximum absolute atomic E-state index is 13.6. The molecule has 7 nitrogen and oxygen atoms in total. The van der Waals surface area contributed by atoms with Crippen LogP contribution in [0.2, 0.25) is 0 Å². The summed E-state index contributed by atoms with van der Waals surface area (Å²) in [5.74, 6) is 0.445. The second-order valence-electron chi connectivity index (χ2n) is 10.0. The Morgan fingerprint density at radius 1 is 0.944 bits per heavy atom. The number of amides is 2. The van der Waals surface area contributed by atoms with E-state index in [1.807, 2.05) is 62.1 Å². The van der Waals surface area contributed by atoms with Gasteiger partial charge in [-0.25, -0.2) is 9.97 Å². The van der Waals surface area contributed by atoms with Gasteiger partial charge in [-0.3, -0.25) is 14.5 Å². The van der Waals surface area contributed by atoms with Gasteiger partial charge in [-0.1, -0.05) is 29.8 Å². The molecule has 2 atom stereocenters. The summed E-state index contributed by atoms with van der Waals surface area (Å²) < 4.78 is 0. The second-order valence-corrected chi connectivity index (χ2v) is 10.0. The molecule has 2 aliphatic rings. The summed E-state index contributed by atoms with van der Waals surface area (Å²) in [5.41, 5.74) is 4.84. The maximum Gasteiger partial charge on any atom is 0.253 e. The number of carbonyl (C=O) groups excluding carboxylic acids is 2. The van der Waals surface area contributed by atoms with Gasteiger partial charge < -0.3 is 10.2 Å². The molecule has 2 amide bonds. The normalized spacial score (nSPS) is 18.5. The van der Waals surface area contributed by atoms with Crippen LogP contribution in [0.1, 0.15) is 63.5 Å². The highest BCUT2D eigenvalue weighted by Crippen LogP contribution is 2.27. The van der Waals surface area contributed by atoms with E-state index in [0.29, 0.717) is 23.0 Å². The minimum Gasteiger partial charge on any atom is -0.345 e. The maximum atomic E-state index is 13.6. The predicted molar refractivity (Wildman–Crippen MR) is 140 cm³/mol. The van der Waals surface area contributed by atoms with Gasteiger partial charge in [-0.05, 0) is 69.5 Å². The van der Waals surface area contributed by atoms with Crippen LogP contribution in [0.25, 0.3) is 11.1 Å². The number of carbonyl (C=O) groups is 2. The summed E-state index contributed by atoms with van der Waals surface area (Å²) in [7, 11) is 0. The molecule has 0 bridgehead atoms. The van der Waals surface area contributed by atoms with Gasteiger partial charge in [0.1, 0.15) is 5.82 Å². The van der Waals surface area contributed by atoms with Gasteiger partial charge in [0.25, 0.3) is 11.8 Å². The topological polar surface area (TPSA) is 78.4 Å². The Hall–Kier alpha value is -3.58. The Balaban J connectivity index is 1.44. The number of rotatable bonds is 5. The average Bonchev–Trinajstić information content (AvgIpc) is 3.37. The van der Waals surface area contributed by atoms with Crippen LogP contribution >= 0.6 is 0 Å². The third-order valence-corrected chi connectivity index (χ3v) is 7.35. The van der Waals surface area contributed by atoms with Crippen molar-refractivity contribution in [1.82, 2.24) is 25.1 Å². The highest BCUT2D eigenvalue weighted by Gasteiger charge is 2.33. The van der Waals surface area contributed by atoms with Crippen molar-refractivity contribution < 1.29 is 9.59 Å². The molecule has 0 radical (unpaired) electrons.